The molecule has 0 radical (unpaired) electrons. The summed E-state index contributed by atoms with van der Waals surface area (Å²) >= 11 is 1.84. The lowest BCUT2D eigenvalue weighted by atomic mass is 9.99. The van der Waals surface area contributed by atoms with Crippen molar-refractivity contribution in [3.8, 4) is 0 Å². The van der Waals surface area contributed by atoms with E-state index in [9.17, 15) is 0 Å². The van der Waals surface area contributed by atoms with Crippen LogP contribution < -0.4 is 5.73 Å². The number of rotatable bonds is 4. The molecular weight excluding hydrogens is 204 g/mol. The lowest BCUT2D eigenvalue weighted by Gasteiger charge is -2.17. The number of hydrogen-bond donors (Lipinski definition) is 1. The van der Waals surface area contributed by atoms with Gasteiger partial charge in [0.1, 0.15) is 0 Å². The summed E-state index contributed by atoms with van der Waals surface area (Å²) in [5, 5.41) is 1.25. The van der Waals surface area contributed by atoms with Gasteiger partial charge in [0.2, 0.25) is 0 Å². The van der Waals surface area contributed by atoms with E-state index >= 15 is 0 Å². The second kappa shape index (κ2) is 4.62. The summed E-state index contributed by atoms with van der Waals surface area (Å²) in [6.07, 6.45) is 2.08. The molecule has 86 valence electrons. The Bertz CT molecular complexity index is 321. The van der Waals surface area contributed by atoms with E-state index in [0.29, 0.717) is 5.92 Å². The van der Waals surface area contributed by atoms with Crippen LogP contribution in [0.3, 0.4) is 0 Å². The summed E-state index contributed by atoms with van der Waals surface area (Å²) in [6.45, 7) is 10.6. The van der Waals surface area contributed by atoms with Gasteiger partial charge in [-0.3, -0.25) is 0 Å². The van der Waals surface area contributed by atoms with Gasteiger partial charge in [0, 0.05) is 16.3 Å². The van der Waals surface area contributed by atoms with E-state index in [0.717, 1.165) is 12.8 Å². The Labute approximate surface area is 96.9 Å². The van der Waals surface area contributed by atoms with E-state index in [1.54, 1.807) is 0 Å². The van der Waals surface area contributed by atoms with E-state index in [2.05, 4.69) is 39.6 Å². The Morgan fingerprint density at radius 2 is 2.00 bits per heavy atom. The van der Waals surface area contributed by atoms with Crippen molar-refractivity contribution in [3.05, 3.63) is 15.6 Å². The zero-order valence-corrected chi connectivity index (χ0v) is 11.2. The van der Waals surface area contributed by atoms with Gasteiger partial charge in [-0.05, 0) is 33.6 Å². The largest absolute Gasteiger partial charge is 0.326 e. The van der Waals surface area contributed by atoms with Gasteiger partial charge in [-0.2, -0.15) is 0 Å². The van der Waals surface area contributed by atoms with E-state index < -0.39 is 0 Å². The summed E-state index contributed by atoms with van der Waals surface area (Å²) in [4.78, 5) is 5.99. The van der Waals surface area contributed by atoms with Crippen molar-refractivity contribution < 1.29 is 0 Å². The third-order valence-electron chi connectivity index (χ3n) is 2.40. The van der Waals surface area contributed by atoms with E-state index in [1.165, 1.54) is 15.6 Å². The fourth-order valence-corrected chi connectivity index (χ4v) is 2.43. The molecule has 0 aliphatic carbocycles. The Kier molecular flexibility index (Phi) is 3.90. The third-order valence-corrected chi connectivity index (χ3v) is 3.92. The summed E-state index contributed by atoms with van der Waals surface area (Å²) in [6, 6.07) is 0. The van der Waals surface area contributed by atoms with Gasteiger partial charge in [-0.15, -0.1) is 11.3 Å². The molecule has 2 N–H and O–H groups in total. The Morgan fingerprint density at radius 1 is 1.40 bits per heavy atom. The number of nitrogens with zero attached hydrogens (tertiary/aromatic N) is 1. The average molecular weight is 226 g/mol. The first kappa shape index (κ1) is 12.7. The highest BCUT2D eigenvalue weighted by Crippen LogP contribution is 2.26. The highest BCUT2D eigenvalue weighted by Gasteiger charge is 2.14. The summed E-state index contributed by atoms with van der Waals surface area (Å²) in [7, 11) is 0. The van der Waals surface area contributed by atoms with Gasteiger partial charge in [-0.1, -0.05) is 13.8 Å². The summed E-state index contributed by atoms with van der Waals surface area (Å²) < 4.78 is 0. The zero-order valence-electron chi connectivity index (χ0n) is 10.4. The van der Waals surface area contributed by atoms with Crippen LogP contribution in [0.1, 0.15) is 55.6 Å². The second-order valence-corrected chi connectivity index (χ2v) is 6.32. The van der Waals surface area contributed by atoms with Crippen molar-refractivity contribution in [2.24, 2.45) is 5.73 Å². The SMILES string of the molecule is Cc1nc(C(C)C)sc1CCC(C)(C)N. The molecule has 0 aliphatic heterocycles. The van der Waals surface area contributed by atoms with Crippen molar-refractivity contribution >= 4 is 11.3 Å². The standard InChI is InChI=1S/C12H22N2S/c1-8(2)11-14-9(3)10(15-11)6-7-12(4,5)13/h8H,6-7,13H2,1-5H3. The minimum atomic E-state index is -0.0750. The highest BCUT2D eigenvalue weighted by molar-refractivity contribution is 7.11. The molecule has 0 saturated carbocycles. The van der Waals surface area contributed by atoms with Gasteiger partial charge >= 0.3 is 0 Å². The van der Waals surface area contributed by atoms with Crippen LogP contribution in [-0.2, 0) is 6.42 Å². The zero-order chi connectivity index (χ0) is 11.6. The Morgan fingerprint density at radius 3 is 2.40 bits per heavy atom. The number of nitrogens with two attached hydrogens (primary N) is 1. The van der Waals surface area contributed by atoms with Gasteiger partial charge in [0.25, 0.3) is 0 Å². The maximum atomic E-state index is 5.98. The molecule has 0 aromatic carbocycles. The Balaban J connectivity index is 2.69. The lowest BCUT2D eigenvalue weighted by Crippen LogP contribution is -2.32. The molecule has 1 aromatic rings. The number of aryl methyl sites for hydroxylation is 2. The van der Waals surface area contributed by atoms with Crippen LogP contribution in [-0.4, -0.2) is 10.5 Å². The average Bonchev–Trinajstić information content (AvgIpc) is 2.42. The van der Waals surface area contributed by atoms with Crippen LogP contribution in [0.4, 0.5) is 0 Å². The van der Waals surface area contributed by atoms with Crippen LogP contribution in [0, 0.1) is 6.92 Å². The number of hydrogen-bond acceptors (Lipinski definition) is 3. The molecule has 15 heavy (non-hydrogen) atoms. The molecule has 0 aliphatic rings. The molecule has 0 spiro atoms. The first-order valence-corrected chi connectivity index (χ1v) is 6.36. The minimum Gasteiger partial charge on any atom is -0.326 e. The third kappa shape index (κ3) is 3.92. The van der Waals surface area contributed by atoms with Crippen LogP contribution in [0.5, 0.6) is 0 Å². The van der Waals surface area contributed by atoms with Crippen molar-refractivity contribution in [2.75, 3.05) is 0 Å². The van der Waals surface area contributed by atoms with E-state index in [-0.39, 0.29) is 5.54 Å². The van der Waals surface area contributed by atoms with Crippen LogP contribution in [0.25, 0.3) is 0 Å². The van der Waals surface area contributed by atoms with Gasteiger partial charge in [0.05, 0.1) is 10.7 Å². The number of aromatic nitrogens is 1. The van der Waals surface area contributed by atoms with Gasteiger partial charge in [0.15, 0.2) is 0 Å². The van der Waals surface area contributed by atoms with Crippen molar-refractivity contribution in [1.29, 1.82) is 0 Å². The molecule has 0 amide bonds. The molecule has 1 heterocycles. The van der Waals surface area contributed by atoms with Crippen LogP contribution >= 0.6 is 11.3 Å². The maximum absolute atomic E-state index is 5.98. The molecule has 0 atom stereocenters. The van der Waals surface area contributed by atoms with E-state index in [4.69, 9.17) is 5.73 Å². The van der Waals surface area contributed by atoms with E-state index in [1.807, 2.05) is 11.3 Å². The normalized spacial score (nSPS) is 12.5. The molecule has 0 bridgehead atoms. The smallest absolute Gasteiger partial charge is 0.0956 e. The first-order valence-electron chi connectivity index (χ1n) is 5.54. The fraction of sp³-hybridized carbons (Fsp3) is 0.750. The number of thiazole rings is 1. The summed E-state index contributed by atoms with van der Waals surface area (Å²) in [5.74, 6) is 0.535. The fourth-order valence-electron chi connectivity index (χ4n) is 1.37. The minimum absolute atomic E-state index is 0.0750. The molecule has 0 saturated heterocycles. The predicted octanol–water partition coefficient (Wildman–Crippen LogP) is 3.24. The maximum Gasteiger partial charge on any atom is 0.0956 e. The van der Waals surface area contributed by atoms with Crippen molar-refractivity contribution in [1.82, 2.24) is 4.98 Å². The second-order valence-electron chi connectivity index (χ2n) is 5.20. The molecule has 1 rings (SSSR count). The molecule has 3 heteroatoms. The monoisotopic (exact) mass is 226 g/mol. The highest BCUT2D eigenvalue weighted by atomic mass is 32.1. The molecule has 0 unspecified atom stereocenters. The predicted molar refractivity (Wildman–Crippen MR) is 67.5 cm³/mol. The molecule has 0 fully saturated rings. The van der Waals surface area contributed by atoms with Gasteiger partial charge < -0.3 is 5.73 Å². The topological polar surface area (TPSA) is 38.9 Å². The van der Waals surface area contributed by atoms with Gasteiger partial charge in [-0.25, -0.2) is 4.98 Å². The molecular formula is C12H22N2S. The molecule has 1 aromatic heterocycles. The molecule has 2 nitrogen and oxygen atoms in total. The van der Waals surface area contributed by atoms with Crippen LogP contribution in [0.2, 0.25) is 0 Å². The quantitative estimate of drug-likeness (QED) is 0.856. The van der Waals surface area contributed by atoms with Crippen molar-refractivity contribution in [3.63, 3.8) is 0 Å². The van der Waals surface area contributed by atoms with Crippen LogP contribution in [0.15, 0.2) is 0 Å². The first-order chi connectivity index (χ1) is 6.79. The summed E-state index contributed by atoms with van der Waals surface area (Å²) in [5.41, 5.74) is 7.10. The lowest BCUT2D eigenvalue weighted by molar-refractivity contribution is 0.478. The Hall–Kier alpha value is -0.410. The van der Waals surface area contributed by atoms with Crippen molar-refractivity contribution in [2.45, 2.75) is 58.9 Å².